The van der Waals surface area contributed by atoms with Gasteiger partial charge in [-0.1, -0.05) is 12.1 Å². The molecule has 1 aromatic carbocycles. The Kier molecular flexibility index (Phi) is 3.28. The second-order valence-corrected chi connectivity index (χ2v) is 3.80. The average molecular weight is 192 g/mol. The van der Waals surface area contributed by atoms with E-state index in [4.69, 9.17) is 4.74 Å². The van der Waals surface area contributed by atoms with Gasteiger partial charge in [-0.2, -0.15) is 0 Å². The van der Waals surface area contributed by atoms with Gasteiger partial charge in [-0.25, -0.2) is 0 Å². The number of hydrogen-bond donors (Lipinski definition) is 0. The molecule has 0 aromatic heterocycles. The Morgan fingerprint density at radius 2 is 2.14 bits per heavy atom. The third kappa shape index (κ3) is 2.34. The first-order valence-electron chi connectivity index (χ1n) is 4.80. The van der Waals surface area contributed by atoms with Gasteiger partial charge in [-0.15, -0.1) is 0 Å². The third-order valence-electron chi connectivity index (χ3n) is 2.18. The van der Waals surface area contributed by atoms with Crippen molar-refractivity contribution in [1.29, 1.82) is 0 Å². The molecule has 0 atom stereocenters. The highest BCUT2D eigenvalue weighted by atomic mass is 16.5. The molecule has 2 nitrogen and oxygen atoms in total. The largest absolute Gasteiger partial charge is 0.494 e. The Bertz CT molecular complexity index is 316. The smallest absolute Gasteiger partial charge is 0.129 e. The van der Waals surface area contributed by atoms with Crippen LogP contribution in [-0.2, 0) is 10.2 Å². The van der Waals surface area contributed by atoms with Crippen LogP contribution >= 0.6 is 0 Å². The molecule has 0 heterocycles. The van der Waals surface area contributed by atoms with Crippen molar-refractivity contribution >= 4 is 6.29 Å². The summed E-state index contributed by atoms with van der Waals surface area (Å²) < 4.78 is 5.37. The average Bonchev–Trinajstić information content (AvgIpc) is 2.19. The van der Waals surface area contributed by atoms with E-state index in [-0.39, 0.29) is 0 Å². The predicted molar refractivity (Wildman–Crippen MR) is 56.7 cm³/mol. The van der Waals surface area contributed by atoms with Crippen LogP contribution in [0.1, 0.15) is 26.3 Å². The molecule has 0 bridgehead atoms. The first-order chi connectivity index (χ1) is 6.60. The van der Waals surface area contributed by atoms with Crippen molar-refractivity contribution in [3.05, 3.63) is 29.8 Å². The molecule has 0 amide bonds. The van der Waals surface area contributed by atoms with E-state index >= 15 is 0 Å². The van der Waals surface area contributed by atoms with Crippen molar-refractivity contribution < 1.29 is 9.53 Å². The molecule has 0 aliphatic rings. The predicted octanol–water partition coefficient (Wildman–Crippen LogP) is 2.56. The van der Waals surface area contributed by atoms with Gasteiger partial charge >= 0.3 is 0 Å². The monoisotopic (exact) mass is 192 g/mol. The molecule has 0 radical (unpaired) electrons. The fourth-order valence-electron chi connectivity index (χ4n) is 1.22. The molecule has 0 saturated heterocycles. The first-order valence-corrected chi connectivity index (χ1v) is 4.80. The maximum atomic E-state index is 10.9. The van der Waals surface area contributed by atoms with Crippen LogP contribution in [0.25, 0.3) is 0 Å². The zero-order valence-corrected chi connectivity index (χ0v) is 8.91. The molecule has 0 aliphatic heterocycles. The topological polar surface area (TPSA) is 26.3 Å². The summed E-state index contributed by atoms with van der Waals surface area (Å²) in [5.41, 5.74) is 0.547. The van der Waals surface area contributed by atoms with Gasteiger partial charge in [0.15, 0.2) is 0 Å². The Morgan fingerprint density at radius 3 is 2.71 bits per heavy atom. The highest BCUT2D eigenvalue weighted by molar-refractivity contribution is 5.67. The molecule has 1 aromatic rings. The zero-order valence-electron chi connectivity index (χ0n) is 8.91. The standard InChI is InChI=1S/C12H16O2/c1-4-14-11-7-5-6-10(8-11)12(2,3)9-13/h5-9H,4H2,1-3H3. The van der Waals surface area contributed by atoms with E-state index in [1.165, 1.54) is 0 Å². The number of carbonyl (C=O) groups excluding carboxylic acids is 1. The summed E-state index contributed by atoms with van der Waals surface area (Å²) in [7, 11) is 0. The van der Waals surface area contributed by atoms with Crippen molar-refractivity contribution in [2.24, 2.45) is 0 Å². The quantitative estimate of drug-likeness (QED) is 0.685. The number of hydrogen-bond acceptors (Lipinski definition) is 2. The molecule has 76 valence electrons. The van der Waals surface area contributed by atoms with Crippen molar-refractivity contribution in [2.45, 2.75) is 26.2 Å². The maximum Gasteiger partial charge on any atom is 0.129 e. The summed E-state index contributed by atoms with van der Waals surface area (Å²) in [4.78, 5) is 10.9. The lowest BCUT2D eigenvalue weighted by Gasteiger charge is -2.18. The van der Waals surface area contributed by atoms with Gasteiger partial charge in [0.25, 0.3) is 0 Å². The Balaban J connectivity index is 2.99. The molecule has 1 rings (SSSR count). The maximum absolute atomic E-state index is 10.9. The molecular weight excluding hydrogens is 176 g/mol. The van der Waals surface area contributed by atoms with Gasteiger partial charge in [0.2, 0.25) is 0 Å². The van der Waals surface area contributed by atoms with Crippen LogP contribution in [0.15, 0.2) is 24.3 Å². The number of benzene rings is 1. The molecule has 0 spiro atoms. The van der Waals surface area contributed by atoms with E-state index in [0.29, 0.717) is 6.61 Å². The first kappa shape index (κ1) is 10.8. The minimum Gasteiger partial charge on any atom is -0.494 e. The minimum atomic E-state index is -0.437. The van der Waals surface area contributed by atoms with Crippen molar-refractivity contribution in [3.8, 4) is 5.75 Å². The second kappa shape index (κ2) is 4.27. The lowest BCUT2D eigenvalue weighted by molar-refractivity contribution is -0.111. The lowest BCUT2D eigenvalue weighted by Crippen LogP contribution is -2.18. The summed E-state index contributed by atoms with van der Waals surface area (Å²) in [6.45, 7) is 6.37. The number of aldehydes is 1. The van der Waals surface area contributed by atoms with Gasteiger partial charge < -0.3 is 9.53 Å². The minimum absolute atomic E-state index is 0.437. The van der Waals surface area contributed by atoms with Crippen LogP contribution in [0.2, 0.25) is 0 Å². The number of ether oxygens (including phenoxy) is 1. The summed E-state index contributed by atoms with van der Waals surface area (Å²) in [6, 6.07) is 7.66. The molecule has 14 heavy (non-hydrogen) atoms. The van der Waals surface area contributed by atoms with Gasteiger partial charge in [-0.05, 0) is 38.5 Å². The Morgan fingerprint density at radius 1 is 1.43 bits per heavy atom. The van der Waals surface area contributed by atoms with Gasteiger partial charge in [0.1, 0.15) is 12.0 Å². The summed E-state index contributed by atoms with van der Waals surface area (Å²) in [5.74, 6) is 0.819. The van der Waals surface area contributed by atoms with Gasteiger partial charge in [0, 0.05) is 5.41 Å². The fraction of sp³-hybridized carbons (Fsp3) is 0.417. The second-order valence-electron chi connectivity index (χ2n) is 3.80. The highest BCUT2D eigenvalue weighted by Gasteiger charge is 2.19. The molecule has 0 unspecified atom stereocenters. The zero-order chi connectivity index (χ0) is 10.6. The summed E-state index contributed by atoms with van der Waals surface area (Å²) >= 11 is 0. The van der Waals surface area contributed by atoms with Crippen LogP contribution < -0.4 is 4.74 Å². The lowest BCUT2D eigenvalue weighted by atomic mass is 9.86. The van der Waals surface area contributed by atoms with Crippen LogP contribution in [0.3, 0.4) is 0 Å². The van der Waals surface area contributed by atoms with Crippen LogP contribution in [-0.4, -0.2) is 12.9 Å². The summed E-state index contributed by atoms with van der Waals surface area (Å²) in [6.07, 6.45) is 0.956. The van der Waals surface area contributed by atoms with Crippen LogP contribution in [0, 0.1) is 0 Å². The van der Waals surface area contributed by atoms with Gasteiger partial charge in [0.05, 0.1) is 6.61 Å². The molecule has 0 fully saturated rings. The molecule has 0 saturated carbocycles. The van der Waals surface area contributed by atoms with Crippen LogP contribution in [0.5, 0.6) is 5.75 Å². The fourth-order valence-corrected chi connectivity index (χ4v) is 1.22. The van der Waals surface area contributed by atoms with Crippen molar-refractivity contribution in [2.75, 3.05) is 6.61 Å². The molecule has 0 N–H and O–H groups in total. The highest BCUT2D eigenvalue weighted by Crippen LogP contribution is 2.24. The van der Waals surface area contributed by atoms with Gasteiger partial charge in [-0.3, -0.25) is 0 Å². The van der Waals surface area contributed by atoms with Crippen LogP contribution in [0.4, 0.5) is 0 Å². The van der Waals surface area contributed by atoms with E-state index < -0.39 is 5.41 Å². The van der Waals surface area contributed by atoms with E-state index in [0.717, 1.165) is 17.6 Å². The van der Waals surface area contributed by atoms with E-state index in [2.05, 4.69) is 0 Å². The SMILES string of the molecule is CCOc1cccc(C(C)(C)C=O)c1. The van der Waals surface area contributed by atoms with Crippen molar-refractivity contribution in [1.82, 2.24) is 0 Å². The number of rotatable bonds is 4. The van der Waals surface area contributed by atoms with E-state index in [1.54, 1.807) is 0 Å². The normalized spacial score (nSPS) is 11.1. The molecular formula is C12H16O2. The molecule has 0 aliphatic carbocycles. The summed E-state index contributed by atoms with van der Waals surface area (Å²) in [5, 5.41) is 0. The Hall–Kier alpha value is -1.31. The third-order valence-corrected chi connectivity index (χ3v) is 2.18. The molecule has 2 heteroatoms. The Labute approximate surface area is 84.9 Å². The van der Waals surface area contributed by atoms with E-state index in [9.17, 15) is 4.79 Å². The van der Waals surface area contributed by atoms with E-state index in [1.807, 2.05) is 45.0 Å². The number of carbonyl (C=O) groups is 1. The van der Waals surface area contributed by atoms with Crippen molar-refractivity contribution in [3.63, 3.8) is 0 Å².